The Morgan fingerprint density at radius 3 is 2.57 bits per heavy atom. The second-order valence-electron chi connectivity index (χ2n) is 4.90. The third kappa shape index (κ3) is 4.64. The van der Waals surface area contributed by atoms with Gasteiger partial charge in [-0.15, -0.1) is 0 Å². The van der Waals surface area contributed by atoms with Gasteiger partial charge in [-0.3, -0.25) is 14.6 Å². The lowest BCUT2D eigenvalue weighted by molar-refractivity contribution is -0.123. The van der Waals surface area contributed by atoms with Gasteiger partial charge in [-0.1, -0.05) is 6.07 Å². The lowest BCUT2D eigenvalue weighted by atomic mass is 10.2. The van der Waals surface area contributed by atoms with Crippen molar-refractivity contribution in [2.45, 2.75) is 13.5 Å². The molecule has 2 rings (SSSR count). The quantitative estimate of drug-likeness (QED) is 0.909. The summed E-state index contributed by atoms with van der Waals surface area (Å²) in [4.78, 5) is 29.2. The van der Waals surface area contributed by atoms with Crippen molar-refractivity contribution in [1.29, 1.82) is 5.26 Å². The Hall–Kier alpha value is -3.20. The van der Waals surface area contributed by atoms with Crippen molar-refractivity contribution in [2.24, 2.45) is 0 Å². The lowest BCUT2D eigenvalue weighted by Crippen LogP contribution is -2.39. The molecule has 23 heavy (non-hydrogen) atoms. The highest BCUT2D eigenvalue weighted by Gasteiger charge is 2.15. The van der Waals surface area contributed by atoms with Crippen LogP contribution in [0.2, 0.25) is 0 Å². The van der Waals surface area contributed by atoms with Gasteiger partial charge >= 0.3 is 0 Å². The van der Waals surface area contributed by atoms with Crippen LogP contribution in [0.15, 0.2) is 48.8 Å². The molecule has 2 amide bonds. The summed E-state index contributed by atoms with van der Waals surface area (Å²) in [6.45, 7) is 1.67. The van der Waals surface area contributed by atoms with Gasteiger partial charge in [0.2, 0.25) is 11.8 Å². The number of pyridine rings is 1. The van der Waals surface area contributed by atoms with E-state index in [0.717, 1.165) is 5.56 Å². The SMILES string of the molecule is CC(=O)N(CC(=O)NCc1cccnc1)c1ccc(C#N)cc1. The molecule has 6 heteroatoms. The van der Waals surface area contributed by atoms with Crippen molar-refractivity contribution in [1.82, 2.24) is 10.3 Å². The first-order chi connectivity index (χ1) is 11.1. The van der Waals surface area contributed by atoms with Crippen LogP contribution in [-0.2, 0) is 16.1 Å². The molecule has 0 spiro atoms. The van der Waals surface area contributed by atoms with Gasteiger partial charge in [-0.25, -0.2) is 0 Å². The molecule has 116 valence electrons. The van der Waals surface area contributed by atoms with E-state index in [1.807, 2.05) is 12.1 Å². The minimum atomic E-state index is -0.270. The second kappa shape index (κ2) is 7.71. The van der Waals surface area contributed by atoms with E-state index < -0.39 is 0 Å². The van der Waals surface area contributed by atoms with E-state index in [9.17, 15) is 9.59 Å². The zero-order chi connectivity index (χ0) is 16.7. The van der Waals surface area contributed by atoms with E-state index in [1.54, 1.807) is 42.7 Å². The number of benzene rings is 1. The number of hydrogen-bond donors (Lipinski definition) is 1. The van der Waals surface area contributed by atoms with E-state index in [2.05, 4.69) is 10.3 Å². The fourth-order valence-electron chi connectivity index (χ4n) is 2.00. The largest absolute Gasteiger partial charge is 0.350 e. The van der Waals surface area contributed by atoms with E-state index >= 15 is 0 Å². The Kier molecular flexibility index (Phi) is 5.42. The number of rotatable bonds is 5. The summed E-state index contributed by atoms with van der Waals surface area (Å²) in [6.07, 6.45) is 3.33. The zero-order valence-electron chi connectivity index (χ0n) is 12.7. The molecule has 0 fully saturated rings. The van der Waals surface area contributed by atoms with Crippen molar-refractivity contribution < 1.29 is 9.59 Å². The average Bonchev–Trinajstić information content (AvgIpc) is 2.58. The predicted octanol–water partition coefficient (Wildman–Crippen LogP) is 1.62. The third-order valence-corrected chi connectivity index (χ3v) is 3.20. The van der Waals surface area contributed by atoms with Crippen LogP contribution in [0.25, 0.3) is 0 Å². The van der Waals surface area contributed by atoms with Crippen molar-refractivity contribution >= 4 is 17.5 Å². The second-order valence-corrected chi connectivity index (χ2v) is 4.90. The van der Waals surface area contributed by atoms with E-state index in [0.29, 0.717) is 17.8 Å². The van der Waals surface area contributed by atoms with Gasteiger partial charge in [0.05, 0.1) is 11.6 Å². The fraction of sp³-hybridized carbons (Fsp3) is 0.176. The summed E-state index contributed by atoms with van der Waals surface area (Å²) in [7, 11) is 0. The first-order valence-electron chi connectivity index (χ1n) is 7.04. The Balaban J connectivity index is 1.99. The summed E-state index contributed by atoms with van der Waals surface area (Å²) in [5.74, 6) is -0.514. The fourth-order valence-corrected chi connectivity index (χ4v) is 2.00. The molecule has 0 saturated heterocycles. The molecule has 1 heterocycles. The standard InChI is InChI=1S/C17H16N4O2/c1-13(22)21(16-6-4-14(9-18)5-7-16)12-17(23)20-11-15-3-2-8-19-10-15/h2-8,10H,11-12H2,1H3,(H,20,23). The molecule has 0 atom stereocenters. The first kappa shape index (κ1) is 16.2. The number of nitriles is 1. The normalized spacial score (nSPS) is 9.74. The van der Waals surface area contributed by atoms with Crippen molar-refractivity contribution in [3.63, 3.8) is 0 Å². The maximum Gasteiger partial charge on any atom is 0.240 e. The van der Waals surface area contributed by atoms with E-state index in [4.69, 9.17) is 5.26 Å². The van der Waals surface area contributed by atoms with Crippen molar-refractivity contribution in [3.05, 3.63) is 59.9 Å². The number of hydrogen-bond acceptors (Lipinski definition) is 4. The summed E-state index contributed by atoms with van der Waals surface area (Å²) in [5, 5.41) is 11.6. The van der Waals surface area contributed by atoms with Crippen LogP contribution in [0, 0.1) is 11.3 Å². The highest BCUT2D eigenvalue weighted by Crippen LogP contribution is 2.15. The van der Waals surface area contributed by atoms with Crippen molar-refractivity contribution in [2.75, 3.05) is 11.4 Å². The van der Waals surface area contributed by atoms with E-state index in [-0.39, 0.29) is 18.4 Å². The highest BCUT2D eigenvalue weighted by atomic mass is 16.2. The van der Waals surface area contributed by atoms with Gasteiger partial charge in [0.15, 0.2) is 0 Å². The number of carbonyl (C=O) groups excluding carboxylic acids is 2. The molecular formula is C17H16N4O2. The van der Waals surface area contributed by atoms with E-state index in [1.165, 1.54) is 11.8 Å². The minimum Gasteiger partial charge on any atom is -0.350 e. The van der Waals surface area contributed by atoms with Gasteiger partial charge in [-0.05, 0) is 35.9 Å². The molecule has 1 aromatic carbocycles. The molecule has 1 aromatic heterocycles. The van der Waals surface area contributed by atoms with Crippen LogP contribution in [0.3, 0.4) is 0 Å². The van der Waals surface area contributed by atoms with Gasteiger partial charge in [0.1, 0.15) is 6.54 Å². The Labute approximate surface area is 134 Å². The van der Waals surface area contributed by atoms with Crippen LogP contribution in [0.5, 0.6) is 0 Å². The number of amides is 2. The summed E-state index contributed by atoms with van der Waals surface area (Å²) in [5.41, 5.74) is 1.96. The molecule has 0 saturated carbocycles. The summed E-state index contributed by atoms with van der Waals surface area (Å²) < 4.78 is 0. The van der Waals surface area contributed by atoms with Gasteiger partial charge in [0.25, 0.3) is 0 Å². The molecule has 0 unspecified atom stereocenters. The Morgan fingerprint density at radius 2 is 2.00 bits per heavy atom. The highest BCUT2D eigenvalue weighted by molar-refractivity contribution is 5.97. The maximum absolute atomic E-state index is 12.0. The van der Waals surface area contributed by atoms with Gasteiger partial charge in [-0.2, -0.15) is 5.26 Å². The molecule has 0 bridgehead atoms. The molecule has 1 N–H and O–H groups in total. The molecular weight excluding hydrogens is 292 g/mol. The third-order valence-electron chi connectivity index (χ3n) is 3.20. The number of aromatic nitrogens is 1. The van der Waals surface area contributed by atoms with Gasteiger partial charge in [0, 0.05) is 31.5 Å². The number of nitrogens with one attached hydrogen (secondary N) is 1. The lowest BCUT2D eigenvalue weighted by Gasteiger charge is -2.20. The van der Waals surface area contributed by atoms with Gasteiger partial charge < -0.3 is 10.2 Å². The summed E-state index contributed by atoms with van der Waals surface area (Å²) in [6, 6.07) is 12.2. The molecule has 0 aliphatic rings. The molecule has 2 aromatic rings. The maximum atomic E-state index is 12.0. The Bertz CT molecular complexity index is 721. The minimum absolute atomic E-state index is 0.0818. The monoisotopic (exact) mass is 308 g/mol. The molecule has 0 aliphatic heterocycles. The van der Waals surface area contributed by atoms with Crippen LogP contribution < -0.4 is 10.2 Å². The number of nitrogens with zero attached hydrogens (tertiary/aromatic N) is 3. The van der Waals surface area contributed by atoms with Crippen LogP contribution in [-0.4, -0.2) is 23.3 Å². The van der Waals surface area contributed by atoms with Crippen LogP contribution >= 0.6 is 0 Å². The smallest absolute Gasteiger partial charge is 0.240 e. The molecule has 6 nitrogen and oxygen atoms in total. The predicted molar refractivity (Wildman–Crippen MR) is 85.3 cm³/mol. The first-order valence-corrected chi connectivity index (χ1v) is 7.04. The van der Waals surface area contributed by atoms with Crippen LogP contribution in [0.1, 0.15) is 18.1 Å². The number of anilines is 1. The zero-order valence-corrected chi connectivity index (χ0v) is 12.7. The van der Waals surface area contributed by atoms with Crippen LogP contribution in [0.4, 0.5) is 5.69 Å². The topological polar surface area (TPSA) is 86.1 Å². The Morgan fingerprint density at radius 1 is 1.26 bits per heavy atom. The number of carbonyl (C=O) groups is 2. The molecule has 0 radical (unpaired) electrons. The van der Waals surface area contributed by atoms with Crippen molar-refractivity contribution in [3.8, 4) is 6.07 Å². The summed E-state index contributed by atoms with van der Waals surface area (Å²) >= 11 is 0. The molecule has 0 aliphatic carbocycles. The average molecular weight is 308 g/mol.